The van der Waals surface area contributed by atoms with E-state index < -0.39 is 0 Å². The first kappa shape index (κ1) is 7.52. The molecule has 0 nitrogen and oxygen atoms in total. The quantitative estimate of drug-likeness (QED) is 0.417. The lowest BCUT2D eigenvalue weighted by atomic mass is 9.60. The molecule has 0 bridgehead atoms. The fraction of sp³-hybridized carbons (Fsp3) is 1.00. The lowest BCUT2D eigenvalue weighted by molar-refractivity contribution is 0.223. The van der Waals surface area contributed by atoms with Gasteiger partial charge in [0.2, 0.25) is 0 Å². The predicted molar refractivity (Wildman–Crippen MR) is 45.0 cm³/mol. The van der Waals surface area contributed by atoms with Crippen LogP contribution in [-0.4, -0.2) is 12.5 Å². The van der Waals surface area contributed by atoms with Gasteiger partial charge in [0, 0.05) is 0 Å². The second-order valence-electron chi connectivity index (χ2n) is 3.52. The van der Waals surface area contributed by atoms with E-state index in [0.717, 1.165) is 24.7 Å². The highest BCUT2D eigenvalue weighted by atomic mass is 32.1. The van der Waals surface area contributed by atoms with Crippen LogP contribution in [0.15, 0.2) is 0 Å². The van der Waals surface area contributed by atoms with Crippen molar-refractivity contribution in [3.8, 4) is 0 Å². The van der Waals surface area contributed by atoms with Gasteiger partial charge in [-0.1, -0.05) is 13.8 Å². The summed E-state index contributed by atoms with van der Waals surface area (Å²) in [5.74, 6) is 1.61. The molecule has 0 amide bonds. The van der Waals surface area contributed by atoms with E-state index in [1.165, 1.54) is 0 Å². The van der Waals surface area contributed by atoms with E-state index in [4.69, 9.17) is 7.85 Å². The second-order valence-corrected chi connectivity index (χ2v) is 4.41. The molecule has 1 saturated carbocycles. The van der Waals surface area contributed by atoms with Crippen LogP contribution in [0, 0.1) is 11.8 Å². The number of rotatable bonds is 1. The summed E-state index contributed by atoms with van der Waals surface area (Å²) in [4.78, 5) is 0. The molecule has 0 spiro atoms. The highest BCUT2D eigenvalue weighted by Gasteiger charge is 2.37. The zero-order valence-corrected chi connectivity index (χ0v) is 6.99. The van der Waals surface area contributed by atoms with Crippen LogP contribution in [0.2, 0.25) is 0 Å². The maximum atomic E-state index is 5.71. The Kier molecular flexibility index (Phi) is 1.86. The lowest BCUT2D eigenvalue weighted by Gasteiger charge is -2.44. The Balaban J connectivity index is 2.27. The molecule has 0 heterocycles. The first-order chi connectivity index (χ1) is 4.01. The molecule has 0 aromatic heterocycles. The summed E-state index contributed by atoms with van der Waals surface area (Å²) in [5, 5.41) is 0. The Bertz CT molecular complexity index is 101. The van der Waals surface area contributed by atoms with Gasteiger partial charge in [-0.3, -0.25) is 0 Å². The average Bonchev–Trinajstić information content (AvgIpc) is 1.59. The SMILES string of the molecule is [B]C1(S)CC(C(C)C)C1. The van der Waals surface area contributed by atoms with Crippen LogP contribution in [-0.2, 0) is 0 Å². The Morgan fingerprint density at radius 1 is 1.56 bits per heavy atom. The van der Waals surface area contributed by atoms with Crippen LogP contribution in [0.25, 0.3) is 0 Å². The Hall–Kier alpha value is 0.415. The van der Waals surface area contributed by atoms with Crippen molar-refractivity contribution in [2.24, 2.45) is 11.8 Å². The molecule has 0 aromatic carbocycles. The Labute approximate surface area is 64.2 Å². The summed E-state index contributed by atoms with van der Waals surface area (Å²) in [7, 11) is 5.71. The van der Waals surface area contributed by atoms with Crippen molar-refractivity contribution in [3.63, 3.8) is 0 Å². The van der Waals surface area contributed by atoms with E-state index in [1.54, 1.807) is 0 Å². The first-order valence-corrected chi connectivity index (χ1v) is 3.97. The summed E-state index contributed by atoms with van der Waals surface area (Å²) in [6.07, 6.45) is 2.18. The van der Waals surface area contributed by atoms with E-state index in [2.05, 4.69) is 26.5 Å². The molecule has 0 saturated heterocycles. The fourth-order valence-corrected chi connectivity index (χ4v) is 1.79. The summed E-state index contributed by atoms with van der Waals surface area (Å²) in [5.41, 5.74) is 0. The molecule has 1 fully saturated rings. The summed E-state index contributed by atoms with van der Waals surface area (Å²) < 4.78 is -0.130. The van der Waals surface area contributed by atoms with Crippen molar-refractivity contribution in [1.29, 1.82) is 0 Å². The van der Waals surface area contributed by atoms with Gasteiger partial charge in [0.1, 0.15) is 0 Å². The van der Waals surface area contributed by atoms with Gasteiger partial charge < -0.3 is 0 Å². The molecule has 1 rings (SSSR count). The lowest BCUT2D eigenvalue weighted by Crippen LogP contribution is -2.41. The monoisotopic (exact) mass is 140 g/mol. The van der Waals surface area contributed by atoms with Gasteiger partial charge >= 0.3 is 0 Å². The summed E-state index contributed by atoms with van der Waals surface area (Å²) in [6, 6.07) is 0. The highest BCUT2D eigenvalue weighted by Crippen LogP contribution is 2.43. The molecule has 0 N–H and O–H groups in total. The normalized spacial score (nSPS) is 42.9. The second kappa shape index (κ2) is 2.23. The molecule has 0 aliphatic heterocycles. The fourth-order valence-electron chi connectivity index (χ4n) is 1.32. The zero-order chi connectivity index (χ0) is 7.07. The van der Waals surface area contributed by atoms with Gasteiger partial charge in [0.05, 0.1) is 7.85 Å². The van der Waals surface area contributed by atoms with Gasteiger partial charge in [0.25, 0.3) is 0 Å². The zero-order valence-electron chi connectivity index (χ0n) is 6.09. The molecule has 2 radical (unpaired) electrons. The molecule has 2 heteroatoms. The molecule has 50 valence electrons. The minimum Gasteiger partial charge on any atom is -0.182 e. The average molecular weight is 140 g/mol. The third-order valence-corrected chi connectivity index (χ3v) is 2.54. The molecule has 0 unspecified atom stereocenters. The number of thiol groups is 1. The minimum absolute atomic E-state index is 0.130. The largest absolute Gasteiger partial charge is 0.182 e. The smallest absolute Gasteiger partial charge is 0.0890 e. The molecule has 0 atom stereocenters. The maximum absolute atomic E-state index is 5.71. The third-order valence-electron chi connectivity index (χ3n) is 2.17. The van der Waals surface area contributed by atoms with Crippen molar-refractivity contribution in [2.75, 3.05) is 0 Å². The Morgan fingerprint density at radius 3 is 2.11 bits per heavy atom. The van der Waals surface area contributed by atoms with Gasteiger partial charge in [0.15, 0.2) is 0 Å². The highest BCUT2D eigenvalue weighted by molar-refractivity contribution is 7.83. The van der Waals surface area contributed by atoms with E-state index in [1.807, 2.05) is 0 Å². The van der Waals surface area contributed by atoms with Crippen LogP contribution >= 0.6 is 12.6 Å². The van der Waals surface area contributed by atoms with Crippen molar-refractivity contribution in [2.45, 2.75) is 31.3 Å². The van der Waals surface area contributed by atoms with E-state index in [0.29, 0.717) is 0 Å². The van der Waals surface area contributed by atoms with Crippen molar-refractivity contribution in [1.82, 2.24) is 0 Å². The molecular formula is C7H13BS. The maximum Gasteiger partial charge on any atom is 0.0890 e. The van der Waals surface area contributed by atoms with Gasteiger partial charge in [-0.15, -0.1) is 0 Å². The Morgan fingerprint density at radius 2 is 2.00 bits per heavy atom. The van der Waals surface area contributed by atoms with Crippen LogP contribution < -0.4 is 0 Å². The van der Waals surface area contributed by atoms with Crippen molar-refractivity contribution < 1.29 is 0 Å². The predicted octanol–water partition coefficient (Wildman–Crippen LogP) is 1.85. The molecule has 1 aliphatic rings. The molecule has 0 aromatic rings. The number of hydrogen-bond donors (Lipinski definition) is 1. The molecular weight excluding hydrogens is 127 g/mol. The summed E-state index contributed by atoms with van der Waals surface area (Å²) in [6.45, 7) is 4.49. The van der Waals surface area contributed by atoms with Crippen LogP contribution in [0.1, 0.15) is 26.7 Å². The van der Waals surface area contributed by atoms with Gasteiger partial charge in [-0.2, -0.15) is 12.6 Å². The van der Waals surface area contributed by atoms with Crippen LogP contribution in [0.5, 0.6) is 0 Å². The molecule has 1 aliphatic carbocycles. The summed E-state index contributed by atoms with van der Waals surface area (Å²) >= 11 is 4.27. The minimum atomic E-state index is -0.130. The van der Waals surface area contributed by atoms with Crippen LogP contribution in [0.4, 0.5) is 0 Å². The topological polar surface area (TPSA) is 0 Å². The standard InChI is InChI=1S/C7H13BS/c1-5(2)6-3-7(8,9)4-6/h5-6,9H,3-4H2,1-2H3. The van der Waals surface area contributed by atoms with Crippen molar-refractivity contribution in [3.05, 3.63) is 0 Å². The first-order valence-electron chi connectivity index (χ1n) is 3.52. The van der Waals surface area contributed by atoms with Crippen LogP contribution in [0.3, 0.4) is 0 Å². The van der Waals surface area contributed by atoms with Crippen molar-refractivity contribution >= 4 is 20.5 Å². The van der Waals surface area contributed by atoms with E-state index in [9.17, 15) is 0 Å². The molecule has 9 heavy (non-hydrogen) atoms. The third kappa shape index (κ3) is 1.67. The van der Waals surface area contributed by atoms with E-state index in [-0.39, 0.29) is 4.65 Å². The van der Waals surface area contributed by atoms with Gasteiger partial charge in [-0.05, 0) is 29.3 Å². The number of hydrogen-bond acceptors (Lipinski definition) is 1. The van der Waals surface area contributed by atoms with Gasteiger partial charge in [-0.25, -0.2) is 0 Å². The van der Waals surface area contributed by atoms with E-state index >= 15 is 0 Å².